The van der Waals surface area contributed by atoms with Gasteiger partial charge in [-0.3, -0.25) is 4.79 Å². The van der Waals surface area contributed by atoms with Crippen LogP contribution < -0.4 is 4.74 Å². The van der Waals surface area contributed by atoms with Crippen molar-refractivity contribution in [3.8, 4) is 11.8 Å². The number of aromatic nitrogens is 1. The molecule has 0 unspecified atom stereocenters. The van der Waals surface area contributed by atoms with Gasteiger partial charge in [0.2, 0.25) is 5.78 Å². The molecule has 1 heterocycles. The van der Waals surface area contributed by atoms with Gasteiger partial charge in [0.05, 0.1) is 7.11 Å². The van der Waals surface area contributed by atoms with Gasteiger partial charge in [-0.25, -0.2) is 0 Å². The number of nitriles is 1. The first-order chi connectivity index (χ1) is 11.2. The third-order valence-electron chi connectivity index (χ3n) is 3.64. The number of allylic oxidation sites excluding steroid dienone is 1. The minimum absolute atomic E-state index is 0.0688. The smallest absolute Gasteiger partial charge is 0.205 e. The highest BCUT2D eigenvalue weighted by atomic mass is 16.5. The molecule has 112 valence electrons. The predicted octanol–water partition coefficient (Wildman–Crippen LogP) is 3.97. The van der Waals surface area contributed by atoms with E-state index in [0.717, 1.165) is 10.9 Å². The Morgan fingerprint density at radius 3 is 2.70 bits per heavy atom. The molecule has 0 saturated carbocycles. The number of methoxy groups -OCH3 is 1. The summed E-state index contributed by atoms with van der Waals surface area (Å²) in [4.78, 5) is 15.8. The lowest BCUT2D eigenvalue weighted by molar-refractivity contribution is 0.104. The average molecular weight is 302 g/mol. The number of ether oxygens (including phenoxy) is 1. The number of rotatable bonds is 4. The summed E-state index contributed by atoms with van der Waals surface area (Å²) < 4.78 is 5.26. The van der Waals surface area contributed by atoms with E-state index in [1.54, 1.807) is 31.5 Å². The van der Waals surface area contributed by atoms with Crippen molar-refractivity contribution in [1.29, 1.82) is 5.26 Å². The van der Waals surface area contributed by atoms with Crippen LogP contribution in [0.1, 0.15) is 15.9 Å². The summed E-state index contributed by atoms with van der Waals surface area (Å²) in [7, 11) is 1.56. The lowest BCUT2D eigenvalue weighted by atomic mass is 10.0. The van der Waals surface area contributed by atoms with Crippen LogP contribution in [-0.4, -0.2) is 17.9 Å². The molecule has 0 saturated heterocycles. The fourth-order valence-electron chi connectivity index (χ4n) is 2.49. The molecule has 23 heavy (non-hydrogen) atoms. The van der Waals surface area contributed by atoms with Crippen molar-refractivity contribution in [2.45, 2.75) is 0 Å². The summed E-state index contributed by atoms with van der Waals surface area (Å²) in [5.74, 6) is 0.308. The fraction of sp³-hybridized carbons (Fsp3) is 0.0526. The topological polar surface area (TPSA) is 65.9 Å². The van der Waals surface area contributed by atoms with Gasteiger partial charge >= 0.3 is 0 Å². The minimum Gasteiger partial charge on any atom is -0.496 e. The second kappa shape index (κ2) is 6.20. The van der Waals surface area contributed by atoms with E-state index in [0.29, 0.717) is 16.9 Å². The molecule has 0 amide bonds. The van der Waals surface area contributed by atoms with Crippen molar-refractivity contribution >= 4 is 22.8 Å². The Bertz CT molecular complexity index is 945. The number of Topliss-reactive ketones (excluding diaryl/α,β-unsaturated/α-hetero) is 1. The van der Waals surface area contributed by atoms with E-state index in [-0.39, 0.29) is 11.4 Å². The zero-order valence-corrected chi connectivity index (χ0v) is 12.5. The minimum atomic E-state index is -0.309. The van der Waals surface area contributed by atoms with Gasteiger partial charge in [0.25, 0.3) is 0 Å². The number of carbonyl (C=O) groups is 1. The molecule has 1 N–H and O–H groups in total. The number of nitrogens with one attached hydrogen (secondary N) is 1. The number of H-pyrrole nitrogens is 1. The van der Waals surface area contributed by atoms with Crippen molar-refractivity contribution in [3.63, 3.8) is 0 Å². The Balaban J connectivity index is 2.06. The quantitative estimate of drug-likeness (QED) is 0.450. The average Bonchev–Trinajstić information content (AvgIpc) is 3.03. The van der Waals surface area contributed by atoms with Gasteiger partial charge in [0.15, 0.2) is 0 Å². The van der Waals surface area contributed by atoms with Crippen LogP contribution in [0.15, 0.2) is 60.3 Å². The number of benzene rings is 2. The highest BCUT2D eigenvalue weighted by Gasteiger charge is 2.17. The SMILES string of the molecule is COc1ccccc1/C=C(\C#N)C(=O)c1c[nH]c2ccccc12. The van der Waals surface area contributed by atoms with Crippen LogP contribution in [0.4, 0.5) is 0 Å². The molecule has 0 atom stereocenters. The number of nitrogens with zero attached hydrogens (tertiary/aromatic N) is 1. The molecule has 2 aromatic carbocycles. The van der Waals surface area contributed by atoms with Crippen LogP contribution in [0.3, 0.4) is 0 Å². The van der Waals surface area contributed by atoms with E-state index in [9.17, 15) is 10.1 Å². The number of hydrogen-bond acceptors (Lipinski definition) is 3. The third-order valence-corrected chi connectivity index (χ3v) is 3.64. The number of para-hydroxylation sites is 2. The largest absolute Gasteiger partial charge is 0.496 e. The summed E-state index contributed by atoms with van der Waals surface area (Å²) in [5.41, 5.74) is 2.12. The molecule has 0 radical (unpaired) electrons. The van der Waals surface area contributed by atoms with Crippen LogP contribution in [0.5, 0.6) is 5.75 Å². The third kappa shape index (κ3) is 2.72. The molecule has 0 bridgehead atoms. The molecule has 4 heteroatoms. The molecule has 0 fully saturated rings. The molecule has 3 aromatic rings. The molecule has 4 nitrogen and oxygen atoms in total. The van der Waals surface area contributed by atoms with Gasteiger partial charge in [-0.15, -0.1) is 0 Å². The van der Waals surface area contributed by atoms with Crippen molar-refractivity contribution in [2.75, 3.05) is 7.11 Å². The maximum Gasteiger partial charge on any atom is 0.205 e. The maximum absolute atomic E-state index is 12.7. The van der Waals surface area contributed by atoms with Crippen LogP contribution in [-0.2, 0) is 0 Å². The Hall–Kier alpha value is -3.32. The van der Waals surface area contributed by atoms with E-state index < -0.39 is 0 Å². The van der Waals surface area contributed by atoms with E-state index in [1.807, 2.05) is 42.5 Å². The van der Waals surface area contributed by atoms with Gasteiger partial charge < -0.3 is 9.72 Å². The standard InChI is InChI=1S/C19H14N2O2/c1-23-18-9-5-2-6-13(18)10-14(11-20)19(22)16-12-21-17-8-4-3-7-15(16)17/h2-10,12,21H,1H3/b14-10+. The van der Waals surface area contributed by atoms with Crippen molar-refractivity contribution in [1.82, 2.24) is 4.98 Å². The molecule has 1 aromatic heterocycles. The number of carbonyl (C=O) groups excluding carboxylic acids is 1. The molecule has 0 aliphatic rings. The summed E-state index contributed by atoms with van der Waals surface area (Å²) in [5, 5.41) is 10.2. The van der Waals surface area contributed by atoms with Gasteiger partial charge in [0, 0.05) is 28.2 Å². The Morgan fingerprint density at radius 2 is 1.91 bits per heavy atom. The first-order valence-corrected chi connectivity index (χ1v) is 7.10. The van der Waals surface area contributed by atoms with Gasteiger partial charge in [-0.05, 0) is 18.2 Å². The molecule has 0 spiro atoms. The zero-order valence-electron chi connectivity index (χ0n) is 12.5. The monoisotopic (exact) mass is 302 g/mol. The molecule has 0 aliphatic heterocycles. The van der Waals surface area contributed by atoms with E-state index in [4.69, 9.17) is 4.74 Å². The van der Waals surface area contributed by atoms with Crippen LogP contribution in [0, 0.1) is 11.3 Å². The maximum atomic E-state index is 12.7. The highest BCUT2D eigenvalue weighted by molar-refractivity contribution is 6.19. The predicted molar refractivity (Wildman–Crippen MR) is 89.2 cm³/mol. The highest BCUT2D eigenvalue weighted by Crippen LogP contribution is 2.24. The summed E-state index contributed by atoms with van der Waals surface area (Å²) in [6.07, 6.45) is 3.20. The second-order valence-corrected chi connectivity index (χ2v) is 4.99. The summed E-state index contributed by atoms with van der Waals surface area (Å²) in [6.45, 7) is 0. The normalized spacial score (nSPS) is 11.2. The molecular formula is C19H14N2O2. The van der Waals surface area contributed by atoms with E-state index in [2.05, 4.69) is 4.98 Å². The number of fused-ring (bicyclic) bond motifs is 1. The fourth-order valence-corrected chi connectivity index (χ4v) is 2.49. The summed E-state index contributed by atoms with van der Waals surface area (Å²) in [6, 6.07) is 16.8. The Labute approximate surface area is 133 Å². The van der Waals surface area contributed by atoms with Gasteiger partial charge in [-0.2, -0.15) is 5.26 Å². The van der Waals surface area contributed by atoms with Crippen LogP contribution >= 0.6 is 0 Å². The van der Waals surface area contributed by atoms with Crippen LogP contribution in [0.2, 0.25) is 0 Å². The van der Waals surface area contributed by atoms with E-state index >= 15 is 0 Å². The Morgan fingerprint density at radius 1 is 1.17 bits per heavy atom. The van der Waals surface area contributed by atoms with Crippen molar-refractivity contribution in [3.05, 3.63) is 71.4 Å². The lowest BCUT2D eigenvalue weighted by Crippen LogP contribution is -2.01. The van der Waals surface area contributed by atoms with Crippen molar-refractivity contribution in [2.24, 2.45) is 0 Å². The summed E-state index contributed by atoms with van der Waals surface area (Å²) >= 11 is 0. The number of aromatic amines is 1. The van der Waals surface area contributed by atoms with Crippen LogP contribution in [0.25, 0.3) is 17.0 Å². The Kier molecular flexibility index (Phi) is 3.94. The second-order valence-electron chi connectivity index (χ2n) is 4.99. The number of hydrogen-bond donors (Lipinski definition) is 1. The van der Waals surface area contributed by atoms with Gasteiger partial charge in [0.1, 0.15) is 17.4 Å². The first-order valence-electron chi connectivity index (χ1n) is 7.10. The van der Waals surface area contributed by atoms with Crippen molar-refractivity contribution < 1.29 is 9.53 Å². The lowest BCUT2D eigenvalue weighted by Gasteiger charge is -2.04. The van der Waals surface area contributed by atoms with E-state index in [1.165, 1.54) is 0 Å². The zero-order chi connectivity index (χ0) is 16.2. The molecule has 0 aliphatic carbocycles. The van der Waals surface area contributed by atoms with Gasteiger partial charge in [-0.1, -0.05) is 36.4 Å². The first kappa shape index (κ1) is 14.6. The number of ketones is 1. The molecule has 3 rings (SSSR count). The molecular weight excluding hydrogens is 288 g/mol.